The van der Waals surface area contributed by atoms with Crippen LogP contribution in [-0.4, -0.2) is 26.2 Å². The number of anilines is 1. The monoisotopic (exact) mass is 394 g/mol. The Bertz CT molecular complexity index is 1020. The molecule has 0 spiro atoms. The van der Waals surface area contributed by atoms with Crippen molar-refractivity contribution in [3.63, 3.8) is 0 Å². The van der Waals surface area contributed by atoms with E-state index in [0.717, 1.165) is 5.56 Å². The van der Waals surface area contributed by atoms with Crippen molar-refractivity contribution in [2.24, 2.45) is 0 Å². The molecule has 1 unspecified atom stereocenters. The molecule has 0 aliphatic heterocycles. The summed E-state index contributed by atoms with van der Waals surface area (Å²) in [6, 6.07) is 25.2. The number of ether oxygens (including phenoxy) is 1. The molecule has 0 amide bonds. The van der Waals surface area contributed by atoms with Gasteiger partial charge in [0.05, 0.1) is 4.90 Å². The molecular formula is C22H20NO4S. The predicted molar refractivity (Wildman–Crippen MR) is 110 cm³/mol. The molecule has 3 rings (SSSR count). The molecule has 0 saturated heterocycles. The number of hydrogen-bond acceptors (Lipinski definition) is 4. The number of aliphatic hydroxyl groups excluding tert-OH is 1. The number of rotatable bonds is 8. The number of nitrogens with one attached hydrogen (secondary N) is 1. The van der Waals surface area contributed by atoms with E-state index in [4.69, 9.17) is 4.74 Å². The molecule has 0 fully saturated rings. The SMILES string of the molecule is O=S(=O)(Nc1cccc(/C=C/C(O)COc2[c]cccc2)c1)c1ccccc1. The van der Waals surface area contributed by atoms with Crippen LogP contribution in [0.1, 0.15) is 5.56 Å². The van der Waals surface area contributed by atoms with Gasteiger partial charge in [-0.05, 0) is 35.9 Å². The summed E-state index contributed by atoms with van der Waals surface area (Å²) < 4.78 is 32.8. The lowest BCUT2D eigenvalue weighted by Crippen LogP contribution is -2.14. The highest BCUT2D eigenvalue weighted by molar-refractivity contribution is 7.92. The highest BCUT2D eigenvalue weighted by Crippen LogP contribution is 2.18. The van der Waals surface area contributed by atoms with Gasteiger partial charge >= 0.3 is 0 Å². The Balaban J connectivity index is 1.62. The molecule has 0 aliphatic carbocycles. The Morgan fingerprint density at radius 2 is 1.82 bits per heavy atom. The Morgan fingerprint density at radius 1 is 1.04 bits per heavy atom. The maximum Gasteiger partial charge on any atom is 0.261 e. The summed E-state index contributed by atoms with van der Waals surface area (Å²) >= 11 is 0. The van der Waals surface area contributed by atoms with E-state index >= 15 is 0 Å². The third-order valence-electron chi connectivity index (χ3n) is 3.79. The summed E-state index contributed by atoms with van der Waals surface area (Å²) in [6.45, 7) is 0.0946. The Labute approximate surface area is 165 Å². The fraction of sp³-hybridized carbons (Fsp3) is 0.0909. The molecule has 0 bridgehead atoms. The molecule has 3 aromatic carbocycles. The molecule has 0 heterocycles. The average molecular weight is 394 g/mol. The second-order valence-electron chi connectivity index (χ2n) is 6.01. The van der Waals surface area contributed by atoms with Crippen LogP contribution >= 0.6 is 0 Å². The number of aliphatic hydroxyl groups is 1. The quantitative estimate of drug-likeness (QED) is 0.610. The molecular weight excluding hydrogens is 374 g/mol. The average Bonchev–Trinajstić information content (AvgIpc) is 2.72. The van der Waals surface area contributed by atoms with Gasteiger partial charge in [0.1, 0.15) is 18.5 Å². The van der Waals surface area contributed by atoms with Crippen LogP contribution in [0.25, 0.3) is 6.08 Å². The van der Waals surface area contributed by atoms with E-state index in [1.165, 1.54) is 12.1 Å². The van der Waals surface area contributed by atoms with Gasteiger partial charge in [-0.15, -0.1) is 0 Å². The van der Waals surface area contributed by atoms with E-state index in [0.29, 0.717) is 11.4 Å². The number of para-hydroxylation sites is 1. The van der Waals surface area contributed by atoms with Crippen LogP contribution in [0.15, 0.2) is 89.8 Å². The zero-order valence-electron chi connectivity index (χ0n) is 15.0. The smallest absolute Gasteiger partial charge is 0.261 e. The summed E-state index contributed by atoms with van der Waals surface area (Å²) in [7, 11) is -3.65. The van der Waals surface area contributed by atoms with Crippen LogP contribution in [0.3, 0.4) is 0 Å². The van der Waals surface area contributed by atoms with Crippen LogP contribution < -0.4 is 9.46 Å². The number of sulfonamides is 1. The normalized spacial score (nSPS) is 12.6. The largest absolute Gasteiger partial charge is 0.490 e. The van der Waals surface area contributed by atoms with Gasteiger partial charge in [0, 0.05) is 11.8 Å². The molecule has 1 radical (unpaired) electrons. The van der Waals surface area contributed by atoms with Gasteiger partial charge in [0.2, 0.25) is 0 Å². The van der Waals surface area contributed by atoms with E-state index in [1.807, 2.05) is 18.2 Å². The zero-order chi connectivity index (χ0) is 19.8. The maximum absolute atomic E-state index is 12.4. The van der Waals surface area contributed by atoms with Crippen molar-refractivity contribution in [3.05, 3.63) is 96.6 Å². The van der Waals surface area contributed by atoms with E-state index in [-0.39, 0.29) is 11.5 Å². The van der Waals surface area contributed by atoms with E-state index in [2.05, 4.69) is 10.8 Å². The minimum absolute atomic E-state index is 0.0946. The van der Waals surface area contributed by atoms with Crippen LogP contribution in [0.4, 0.5) is 5.69 Å². The maximum atomic E-state index is 12.4. The Morgan fingerprint density at radius 3 is 2.57 bits per heavy atom. The van der Waals surface area contributed by atoms with Crippen LogP contribution in [0.5, 0.6) is 5.75 Å². The molecule has 2 N–H and O–H groups in total. The first-order valence-electron chi connectivity index (χ1n) is 8.67. The van der Waals surface area contributed by atoms with Crippen molar-refractivity contribution in [1.82, 2.24) is 0 Å². The standard InChI is InChI=1S/C22H20NO4S/c24-20(17-27-21-10-3-1-4-11-21)15-14-18-8-7-9-19(16-18)23-28(25,26)22-12-5-2-6-13-22/h1-10,12-16,20,23-24H,17H2/b15-14+. The van der Waals surface area contributed by atoms with E-state index in [1.54, 1.807) is 60.7 Å². The third kappa shape index (κ3) is 5.70. The molecule has 0 saturated carbocycles. The molecule has 143 valence electrons. The lowest BCUT2D eigenvalue weighted by atomic mass is 10.1. The first-order valence-corrected chi connectivity index (χ1v) is 10.1. The van der Waals surface area contributed by atoms with Gasteiger partial charge in [-0.25, -0.2) is 8.42 Å². The van der Waals surface area contributed by atoms with Gasteiger partial charge in [-0.2, -0.15) is 0 Å². The van der Waals surface area contributed by atoms with E-state index < -0.39 is 16.1 Å². The topological polar surface area (TPSA) is 75.6 Å². The summed E-state index contributed by atoms with van der Waals surface area (Å²) in [5, 5.41) is 10.0. The molecule has 1 atom stereocenters. The van der Waals surface area contributed by atoms with Crippen molar-refractivity contribution in [2.75, 3.05) is 11.3 Å². The Kier molecular flexibility index (Phi) is 6.47. The van der Waals surface area contributed by atoms with Crippen LogP contribution in [0, 0.1) is 6.07 Å². The second-order valence-corrected chi connectivity index (χ2v) is 7.69. The van der Waals surface area contributed by atoms with Gasteiger partial charge < -0.3 is 9.84 Å². The minimum Gasteiger partial charge on any atom is -0.490 e. The predicted octanol–water partition coefficient (Wildman–Crippen LogP) is 3.74. The summed E-state index contributed by atoms with van der Waals surface area (Å²) in [6.07, 6.45) is 2.50. The van der Waals surface area contributed by atoms with Gasteiger partial charge in [0.15, 0.2) is 0 Å². The van der Waals surface area contributed by atoms with Gasteiger partial charge in [0.25, 0.3) is 10.0 Å². The summed E-state index contributed by atoms with van der Waals surface area (Å²) in [4.78, 5) is 0.196. The van der Waals surface area contributed by atoms with Gasteiger partial charge in [-0.3, -0.25) is 4.72 Å². The van der Waals surface area contributed by atoms with Crippen LogP contribution in [-0.2, 0) is 10.0 Å². The highest BCUT2D eigenvalue weighted by atomic mass is 32.2. The molecule has 0 aliphatic rings. The third-order valence-corrected chi connectivity index (χ3v) is 5.19. The molecule has 0 aromatic heterocycles. The number of benzene rings is 3. The second kappa shape index (κ2) is 9.21. The molecule has 3 aromatic rings. The molecule has 28 heavy (non-hydrogen) atoms. The van der Waals surface area contributed by atoms with E-state index in [9.17, 15) is 13.5 Å². The summed E-state index contributed by atoms with van der Waals surface area (Å²) in [5.41, 5.74) is 1.19. The first kappa shape index (κ1) is 19.7. The molecule has 6 heteroatoms. The Hall–Kier alpha value is -3.09. The van der Waals surface area contributed by atoms with Crippen molar-refractivity contribution in [2.45, 2.75) is 11.0 Å². The van der Waals surface area contributed by atoms with Crippen molar-refractivity contribution in [1.29, 1.82) is 0 Å². The first-order chi connectivity index (χ1) is 13.5. The van der Waals surface area contributed by atoms with Crippen molar-refractivity contribution < 1.29 is 18.3 Å². The number of hydrogen-bond donors (Lipinski definition) is 2. The summed E-state index contributed by atoms with van der Waals surface area (Å²) in [5.74, 6) is 0.562. The van der Waals surface area contributed by atoms with Crippen molar-refractivity contribution in [3.8, 4) is 5.75 Å². The lowest BCUT2D eigenvalue weighted by Gasteiger charge is -2.09. The minimum atomic E-state index is -3.65. The molecule has 5 nitrogen and oxygen atoms in total. The lowest BCUT2D eigenvalue weighted by molar-refractivity contribution is 0.145. The highest BCUT2D eigenvalue weighted by Gasteiger charge is 2.13. The fourth-order valence-electron chi connectivity index (χ4n) is 2.44. The van der Waals surface area contributed by atoms with Crippen LogP contribution in [0.2, 0.25) is 0 Å². The van der Waals surface area contributed by atoms with Gasteiger partial charge in [-0.1, -0.05) is 60.7 Å². The fourth-order valence-corrected chi connectivity index (χ4v) is 3.51. The zero-order valence-corrected chi connectivity index (χ0v) is 15.8. The van der Waals surface area contributed by atoms with Crippen molar-refractivity contribution >= 4 is 21.8 Å².